The van der Waals surface area contributed by atoms with Crippen LogP contribution in [0.4, 0.5) is 0 Å². The fraction of sp³-hybridized carbons (Fsp3) is 0.300. The van der Waals surface area contributed by atoms with E-state index in [0.29, 0.717) is 0 Å². The molecule has 226 valence electrons. The monoisotopic (exact) mass is 712 g/mol. The average Bonchev–Trinajstić information content (AvgIpc) is 3.65. The van der Waals surface area contributed by atoms with Crippen LogP contribution in [-0.4, -0.2) is 9.52 Å². The smallest absolute Gasteiger partial charge is 1.00 e. The van der Waals surface area contributed by atoms with Gasteiger partial charge in [-0.1, -0.05) is 137 Å². The van der Waals surface area contributed by atoms with Gasteiger partial charge in [-0.2, -0.15) is 29.8 Å². The second-order valence-electron chi connectivity index (χ2n) is 12.9. The molecule has 4 aromatic carbocycles. The maximum Gasteiger partial charge on any atom is 4.00 e. The van der Waals surface area contributed by atoms with Crippen molar-refractivity contribution in [3.63, 3.8) is 0 Å². The molecule has 0 nitrogen and oxygen atoms in total. The van der Waals surface area contributed by atoms with E-state index in [4.69, 9.17) is 0 Å². The molecule has 4 aromatic rings. The minimum Gasteiger partial charge on any atom is -1.00 e. The second-order valence-corrected chi connectivity index (χ2v) is 14.1. The van der Waals surface area contributed by atoms with Gasteiger partial charge in [-0.3, -0.25) is 6.08 Å². The standard InChI is InChI=1S/C21H25.C14H14Si.C5H5.2ClH.Zr/c1-20(2,3)16-7-9-18-14(12-16)11-15-13-17(21(4,5)6)8-10-19(15)18;1-3-7-13(8-4-1)11-15-12-14-9-5-2-6-10-14;1-2-4-5-3-1;;;/h7-10,12H,11H2,1-6H3;1-10H,11-12H2;1-3H,4H2;2*1H;/q-1;;-1;;;+4/p-2. The molecule has 0 N–H and O–H groups in total. The molecule has 2 aliphatic rings. The number of hydrogen-bond acceptors (Lipinski definition) is 0. The number of halogens is 2. The first-order valence-electron chi connectivity index (χ1n) is 14.8. The SMILES string of the molecule is CC(C)(C)c1[c-]c2c(cc1)-c1ccc(C(C)(C)C)cc1C2.[C-]1=CC=CC1.[Cl-].[Cl-].[Zr+4].c1ccc(C[Si]Cc2ccccc2)cc1. The normalized spacial score (nSPS) is 12.1. The van der Waals surface area contributed by atoms with Gasteiger partial charge in [0.25, 0.3) is 0 Å². The van der Waals surface area contributed by atoms with Gasteiger partial charge in [0.1, 0.15) is 0 Å². The van der Waals surface area contributed by atoms with Gasteiger partial charge >= 0.3 is 26.2 Å². The van der Waals surface area contributed by atoms with Crippen molar-refractivity contribution >= 4 is 9.52 Å². The zero-order chi connectivity index (χ0) is 29.3. The Morgan fingerprint density at radius 2 is 1.25 bits per heavy atom. The molecule has 2 aliphatic carbocycles. The first-order chi connectivity index (χ1) is 19.6. The number of hydrogen-bond donors (Lipinski definition) is 0. The predicted octanol–water partition coefficient (Wildman–Crippen LogP) is 4.06. The van der Waals surface area contributed by atoms with Gasteiger partial charge in [-0.15, -0.1) is 17.5 Å². The fourth-order valence-corrected chi connectivity index (χ4v) is 6.08. The summed E-state index contributed by atoms with van der Waals surface area (Å²) in [6, 6.07) is 39.0. The van der Waals surface area contributed by atoms with Crippen LogP contribution in [0.3, 0.4) is 0 Å². The molecule has 0 unspecified atom stereocenters. The summed E-state index contributed by atoms with van der Waals surface area (Å²) in [6.07, 6.45) is 11.0. The Balaban J connectivity index is 0.000000370. The topological polar surface area (TPSA) is 0 Å². The van der Waals surface area contributed by atoms with Crippen molar-refractivity contribution in [3.8, 4) is 11.1 Å². The zero-order valence-electron chi connectivity index (χ0n) is 27.0. The van der Waals surface area contributed by atoms with Crippen molar-refractivity contribution in [2.75, 3.05) is 0 Å². The molecule has 0 aliphatic heterocycles. The summed E-state index contributed by atoms with van der Waals surface area (Å²) < 4.78 is 0. The Morgan fingerprint density at radius 3 is 1.70 bits per heavy atom. The summed E-state index contributed by atoms with van der Waals surface area (Å²) in [4.78, 5) is 0. The van der Waals surface area contributed by atoms with Crippen LogP contribution in [0.1, 0.15) is 81.3 Å². The van der Waals surface area contributed by atoms with Crippen LogP contribution in [0, 0.1) is 12.1 Å². The summed E-state index contributed by atoms with van der Waals surface area (Å²) in [5, 5.41) is 0. The zero-order valence-corrected chi connectivity index (χ0v) is 31.9. The van der Waals surface area contributed by atoms with E-state index in [0.717, 1.165) is 22.4 Å². The van der Waals surface area contributed by atoms with Crippen LogP contribution in [0.5, 0.6) is 0 Å². The van der Waals surface area contributed by atoms with Crippen LogP contribution in [0.25, 0.3) is 11.1 Å². The van der Waals surface area contributed by atoms with E-state index < -0.39 is 0 Å². The molecule has 0 saturated heterocycles. The predicted molar refractivity (Wildman–Crippen MR) is 179 cm³/mol. The van der Waals surface area contributed by atoms with Crippen molar-refractivity contribution < 1.29 is 51.0 Å². The molecule has 0 saturated carbocycles. The maximum absolute atomic E-state index is 3.67. The number of fused-ring (bicyclic) bond motifs is 3. The van der Waals surface area contributed by atoms with Crippen LogP contribution < -0.4 is 24.8 Å². The Labute approximate surface area is 301 Å². The summed E-state index contributed by atoms with van der Waals surface area (Å²) in [7, 11) is 0.987. The molecule has 0 bridgehead atoms. The van der Waals surface area contributed by atoms with Gasteiger partial charge in [0.2, 0.25) is 0 Å². The molecular formula is C40H44Cl2SiZr. The molecule has 0 atom stereocenters. The molecule has 0 heterocycles. The fourth-order valence-electron chi connectivity index (χ4n) is 4.91. The molecule has 0 amide bonds. The molecule has 4 heteroatoms. The van der Waals surface area contributed by atoms with Crippen LogP contribution in [0.2, 0.25) is 0 Å². The quantitative estimate of drug-likeness (QED) is 0.195. The maximum atomic E-state index is 3.67. The third kappa shape index (κ3) is 12.1. The van der Waals surface area contributed by atoms with E-state index in [2.05, 4.69) is 151 Å². The van der Waals surface area contributed by atoms with Crippen LogP contribution >= 0.6 is 0 Å². The van der Waals surface area contributed by atoms with E-state index >= 15 is 0 Å². The van der Waals surface area contributed by atoms with Crippen molar-refractivity contribution in [1.29, 1.82) is 0 Å². The van der Waals surface area contributed by atoms with Crippen molar-refractivity contribution in [1.82, 2.24) is 0 Å². The van der Waals surface area contributed by atoms with E-state index in [-0.39, 0.29) is 61.8 Å². The second kappa shape index (κ2) is 18.9. The van der Waals surface area contributed by atoms with E-state index in [1.54, 1.807) is 0 Å². The van der Waals surface area contributed by atoms with Gasteiger partial charge < -0.3 is 24.8 Å². The summed E-state index contributed by atoms with van der Waals surface area (Å²) in [5.74, 6) is 0. The van der Waals surface area contributed by atoms with E-state index in [1.165, 1.54) is 56.6 Å². The molecule has 0 spiro atoms. The minimum atomic E-state index is 0. The van der Waals surface area contributed by atoms with Crippen LogP contribution in [-0.2, 0) is 55.5 Å². The summed E-state index contributed by atoms with van der Waals surface area (Å²) >= 11 is 0. The first kappa shape index (κ1) is 40.1. The molecule has 44 heavy (non-hydrogen) atoms. The minimum absolute atomic E-state index is 0. The van der Waals surface area contributed by atoms with Gasteiger partial charge in [0, 0.05) is 9.52 Å². The van der Waals surface area contributed by atoms with Crippen molar-refractivity contribution in [2.24, 2.45) is 0 Å². The van der Waals surface area contributed by atoms with E-state index in [9.17, 15) is 0 Å². The third-order valence-electron chi connectivity index (χ3n) is 7.39. The Hall–Kier alpha value is -1.96. The Morgan fingerprint density at radius 1 is 0.682 bits per heavy atom. The molecular weight excluding hydrogens is 671 g/mol. The largest absolute Gasteiger partial charge is 4.00 e. The Kier molecular flexibility index (Phi) is 17.2. The molecule has 0 aromatic heterocycles. The van der Waals surface area contributed by atoms with Gasteiger partial charge in [-0.05, 0) is 40.5 Å². The number of allylic oxidation sites excluding steroid dienone is 4. The van der Waals surface area contributed by atoms with Crippen molar-refractivity contribution in [2.45, 2.75) is 77.3 Å². The molecule has 2 radical (unpaired) electrons. The van der Waals surface area contributed by atoms with Gasteiger partial charge in [0.05, 0.1) is 0 Å². The summed E-state index contributed by atoms with van der Waals surface area (Å²) in [6.45, 7) is 13.6. The first-order valence-corrected chi connectivity index (χ1v) is 16.2. The third-order valence-corrected chi connectivity index (χ3v) is 8.71. The molecule has 6 rings (SSSR count). The average molecular weight is 715 g/mol. The summed E-state index contributed by atoms with van der Waals surface area (Å²) in [5.41, 5.74) is 11.6. The number of rotatable bonds is 4. The van der Waals surface area contributed by atoms with Crippen LogP contribution in [0.15, 0.2) is 109 Å². The Bertz CT molecular complexity index is 1350. The van der Waals surface area contributed by atoms with Crippen molar-refractivity contribution in [3.05, 3.63) is 155 Å². The molecule has 0 fully saturated rings. The number of benzene rings is 4. The van der Waals surface area contributed by atoms with Gasteiger partial charge in [-0.25, -0.2) is 12.2 Å². The van der Waals surface area contributed by atoms with Gasteiger partial charge in [0.15, 0.2) is 0 Å². The van der Waals surface area contributed by atoms with E-state index in [1.807, 2.05) is 12.2 Å².